The van der Waals surface area contributed by atoms with E-state index in [4.69, 9.17) is 34.6 Å². The number of aliphatic hydroxyl groups excluding tert-OH is 8. The molecule has 13 heteroatoms. The van der Waals surface area contributed by atoms with Crippen molar-refractivity contribution in [3.63, 3.8) is 0 Å². The van der Waals surface area contributed by atoms with Gasteiger partial charge in [-0.05, 0) is 105 Å². The summed E-state index contributed by atoms with van der Waals surface area (Å²) in [6, 6.07) is 0. The van der Waals surface area contributed by atoms with Crippen molar-refractivity contribution in [2.45, 2.75) is 172 Å². The molecule has 52 heavy (non-hydrogen) atoms. The number of fused-ring (bicyclic) bond motifs is 7. The van der Waals surface area contributed by atoms with Crippen LogP contribution in [-0.4, -0.2) is 133 Å². The molecule has 1 spiro atoms. The fourth-order valence-corrected chi connectivity index (χ4v) is 12.3. The van der Waals surface area contributed by atoms with Crippen molar-refractivity contribution < 1.29 is 59.8 Å². The molecule has 298 valence electrons. The topological polar surface area (TPSA) is 211 Å². The minimum atomic E-state index is -1.43. The van der Waals surface area contributed by atoms with Crippen LogP contribution in [0.15, 0.2) is 11.6 Å². The highest BCUT2D eigenvalue weighted by Crippen LogP contribution is 2.70. The van der Waals surface area contributed by atoms with E-state index in [1.165, 1.54) is 38.2 Å². The maximum absolute atomic E-state index is 10.5. The Morgan fingerprint density at radius 2 is 1.56 bits per heavy atom. The van der Waals surface area contributed by atoms with Gasteiger partial charge in [-0.3, -0.25) is 5.32 Å². The Morgan fingerprint density at radius 1 is 0.827 bits per heavy atom. The van der Waals surface area contributed by atoms with Crippen LogP contribution in [0.25, 0.3) is 0 Å². The first-order valence-electron chi connectivity index (χ1n) is 20.0. The van der Waals surface area contributed by atoms with Crippen molar-refractivity contribution in [1.82, 2.24) is 5.32 Å². The Morgan fingerprint density at radius 3 is 2.25 bits per heavy atom. The zero-order chi connectivity index (χ0) is 37.5. The minimum absolute atomic E-state index is 0.113. The number of piperidine rings is 1. The maximum Gasteiger partial charge on any atom is 0.186 e. The minimum Gasteiger partial charge on any atom is -0.394 e. The Kier molecular flexibility index (Phi) is 11.1. The van der Waals surface area contributed by atoms with Crippen LogP contribution in [0.1, 0.15) is 92.4 Å². The van der Waals surface area contributed by atoms with E-state index >= 15 is 0 Å². The molecule has 4 aliphatic carbocycles. The summed E-state index contributed by atoms with van der Waals surface area (Å²) in [7, 11) is 0. The molecule has 0 amide bonds. The van der Waals surface area contributed by atoms with Gasteiger partial charge < -0.3 is 59.8 Å². The molecular weight excluding hydrogens is 674 g/mol. The molecule has 4 saturated heterocycles. The standard InChI is InChI=1S/C33H53NO7.C6H12O5/c1-17-7-12-33(34-15-17)18(2)26-24(41-33)14-23-21-6-5-19-13-20(8-10-31(19,3)22(21)9-11-32(23,26)4)39-30-29(38)28(37)27(36)25(16-35)40-30;1-2-3(7)4(8)5(9)6(10)11-2/h5,17-18,20-30,34-38H,6-16H2,1-4H3;2-10H,1H3. The maximum atomic E-state index is 10.5. The first-order chi connectivity index (χ1) is 24.5. The van der Waals surface area contributed by atoms with Gasteiger partial charge in [-0.1, -0.05) is 39.3 Å². The third kappa shape index (κ3) is 6.45. The van der Waals surface area contributed by atoms with Crippen molar-refractivity contribution in [1.29, 1.82) is 0 Å². The number of ether oxygens (including phenoxy) is 4. The molecule has 0 aromatic rings. The predicted octanol–water partition coefficient (Wildman–Crippen LogP) is 0.917. The average Bonchev–Trinajstić information content (AvgIpc) is 3.57. The highest BCUT2D eigenvalue weighted by Gasteiger charge is 2.68. The molecule has 8 rings (SSSR count). The number of hydrogen-bond acceptors (Lipinski definition) is 13. The van der Waals surface area contributed by atoms with Crippen LogP contribution < -0.4 is 5.32 Å². The van der Waals surface area contributed by atoms with E-state index in [0.29, 0.717) is 41.1 Å². The summed E-state index contributed by atoms with van der Waals surface area (Å²) >= 11 is 0. The van der Waals surface area contributed by atoms with Crippen molar-refractivity contribution in [2.75, 3.05) is 13.2 Å². The molecule has 8 aliphatic rings. The molecule has 0 aromatic carbocycles. The molecule has 13 nitrogen and oxygen atoms in total. The third-order valence-corrected chi connectivity index (χ3v) is 15.5. The molecule has 0 aromatic heterocycles. The van der Waals surface area contributed by atoms with Gasteiger partial charge in [0, 0.05) is 12.5 Å². The van der Waals surface area contributed by atoms with Crippen LogP contribution >= 0.6 is 0 Å². The zero-order valence-corrected chi connectivity index (χ0v) is 31.5. The van der Waals surface area contributed by atoms with E-state index in [9.17, 15) is 20.4 Å². The highest BCUT2D eigenvalue weighted by molar-refractivity contribution is 5.26. The molecular formula is C39H65NO12. The second kappa shape index (κ2) is 14.6. The quantitative estimate of drug-likeness (QED) is 0.185. The number of rotatable bonds is 3. The van der Waals surface area contributed by atoms with Crippen molar-refractivity contribution in [3.05, 3.63) is 11.6 Å². The van der Waals surface area contributed by atoms with Gasteiger partial charge in [0.2, 0.25) is 0 Å². The Labute approximate surface area is 307 Å². The Bertz CT molecular complexity index is 1280. The predicted molar refractivity (Wildman–Crippen MR) is 187 cm³/mol. The molecule has 7 fully saturated rings. The van der Waals surface area contributed by atoms with E-state index in [0.717, 1.165) is 44.6 Å². The van der Waals surface area contributed by atoms with Crippen LogP contribution in [0.4, 0.5) is 0 Å². The molecule has 9 N–H and O–H groups in total. The van der Waals surface area contributed by atoms with Crippen LogP contribution in [0.3, 0.4) is 0 Å². The van der Waals surface area contributed by atoms with Crippen molar-refractivity contribution in [3.8, 4) is 0 Å². The van der Waals surface area contributed by atoms with Gasteiger partial charge in [0.25, 0.3) is 0 Å². The molecule has 21 unspecified atom stereocenters. The highest BCUT2D eigenvalue weighted by atomic mass is 16.7. The summed E-state index contributed by atoms with van der Waals surface area (Å²) in [5.41, 5.74) is 1.86. The smallest absolute Gasteiger partial charge is 0.186 e. The summed E-state index contributed by atoms with van der Waals surface area (Å²) in [5.74, 6) is 3.99. The van der Waals surface area contributed by atoms with E-state index in [1.807, 2.05) is 0 Å². The molecule has 4 heterocycles. The van der Waals surface area contributed by atoms with Gasteiger partial charge >= 0.3 is 0 Å². The zero-order valence-electron chi connectivity index (χ0n) is 31.5. The van der Waals surface area contributed by atoms with E-state index < -0.39 is 68.0 Å². The van der Waals surface area contributed by atoms with Crippen LogP contribution in [0, 0.1) is 46.3 Å². The molecule has 4 aliphatic heterocycles. The third-order valence-electron chi connectivity index (χ3n) is 15.5. The number of aliphatic hydroxyl groups is 8. The number of hydrogen-bond donors (Lipinski definition) is 9. The van der Waals surface area contributed by atoms with Gasteiger partial charge in [-0.15, -0.1) is 0 Å². The molecule has 0 bridgehead atoms. The molecule has 21 atom stereocenters. The Hall–Kier alpha value is -0.780. The molecule has 3 saturated carbocycles. The van der Waals surface area contributed by atoms with Crippen LogP contribution in [0.2, 0.25) is 0 Å². The fourth-order valence-electron chi connectivity index (χ4n) is 12.3. The lowest BCUT2D eigenvalue weighted by Crippen LogP contribution is -2.60. The lowest BCUT2D eigenvalue weighted by atomic mass is 9.47. The Balaban J connectivity index is 0.000000329. The van der Waals surface area contributed by atoms with Crippen LogP contribution in [-0.2, 0) is 18.9 Å². The second-order valence-electron chi connectivity index (χ2n) is 18.3. The van der Waals surface area contributed by atoms with Gasteiger partial charge in [0.15, 0.2) is 12.6 Å². The molecule has 0 radical (unpaired) electrons. The van der Waals surface area contributed by atoms with Crippen LogP contribution in [0.5, 0.6) is 0 Å². The van der Waals surface area contributed by atoms with E-state index in [-0.39, 0.29) is 17.2 Å². The monoisotopic (exact) mass is 739 g/mol. The van der Waals surface area contributed by atoms with Gasteiger partial charge in [0.1, 0.15) is 48.5 Å². The summed E-state index contributed by atoms with van der Waals surface area (Å²) in [6.07, 6.45) is 0.652. The number of allylic oxidation sites excluding steroid dienone is 1. The van der Waals surface area contributed by atoms with Gasteiger partial charge in [-0.2, -0.15) is 0 Å². The van der Waals surface area contributed by atoms with Gasteiger partial charge in [0.05, 0.1) is 24.9 Å². The summed E-state index contributed by atoms with van der Waals surface area (Å²) < 4.78 is 23.6. The average molecular weight is 740 g/mol. The van der Waals surface area contributed by atoms with E-state index in [2.05, 4.69) is 43.8 Å². The second-order valence-corrected chi connectivity index (χ2v) is 18.3. The lowest BCUT2D eigenvalue weighted by molar-refractivity contribution is -0.313. The normalized spacial score (nSPS) is 57.1. The first kappa shape index (κ1) is 39.5. The van der Waals surface area contributed by atoms with E-state index in [1.54, 1.807) is 0 Å². The summed E-state index contributed by atoms with van der Waals surface area (Å²) in [5, 5.41) is 80.3. The van der Waals surface area contributed by atoms with Gasteiger partial charge in [-0.25, -0.2) is 0 Å². The lowest BCUT2D eigenvalue weighted by Gasteiger charge is -2.59. The largest absolute Gasteiger partial charge is 0.394 e. The number of nitrogens with one attached hydrogen (secondary N) is 1. The van der Waals surface area contributed by atoms with Crippen molar-refractivity contribution in [2.24, 2.45) is 46.3 Å². The fraction of sp³-hybridized carbons (Fsp3) is 0.949. The first-order valence-corrected chi connectivity index (χ1v) is 20.0. The SMILES string of the molecule is CC1CCC2(NC1)OC1CC3C4CC=C5CC(OC6OC(CO)C(O)C(O)C6O)CCC5(C)C4CCC3(C)C1C2C.CC1OC(O)C(O)C(O)C1O. The summed E-state index contributed by atoms with van der Waals surface area (Å²) in [4.78, 5) is 0. The van der Waals surface area contributed by atoms with Crippen molar-refractivity contribution >= 4 is 0 Å². The summed E-state index contributed by atoms with van der Waals surface area (Å²) in [6.45, 7) is 12.0.